The fourth-order valence-corrected chi connectivity index (χ4v) is 4.01. The van der Waals surface area contributed by atoms with Gasteiger partial charge < -0.3 is 5.32 Å². The summed E-state index contributed by atoms with van der Waals surface area (Å²) in [6.45, 7) is 0. The molecular formula is C11H13BrN2O3S. The van der Waals surface area contributed by atoms with Gasteiger partial charge in [0.05, 0.1) is 11.5 Å². The Hall–Kier alpha value is -0.950. The number of amides is 1. The lowest BCUT2D eigenvalue weighted by Gasteiger charge is -2.22. The zero-order chi connectivity index (χ0) is 13.2. The zero-order valence-corrected chi connectivity index (χ0v) is 12.0. The molecule has 1 aromatic rings. The molecule has 0 aromatic carbocycles. The lowest BCUT2D eigenvalue weighted by Crippen LogP contribution is -2.43. The first-order valence-corrected chi connectivity index (χ1v) is 8.21. The minimum atomic E-state index is -3.02. The first kappa shape index (κ1) is 13.5. The smallest absolute Gasteiger partial charge is 0.271 e. The van der Waals surface area contributed by atoms with Crippen LogP contribution in [0.2, 0.25) is 0 Å². The van der Waals surface area contributed by atoms with Crippen LogP contribution in [-0.2, 0) is 9.84 Å². The molecule has 1 unspecified atom stereocenters. The minimum Gasteiger partial charge on any atom is -0.347 e. The number of rotatable bonds is 2. The molecule has 1 aliphatic rings. The third kappa shape index (κ3) is 3.29. The minimum absolute atomic E-state index is 0.0171. The van der Waals surface area contributed by atoms with Crippen molar-refractivity contribution < 1.29 is 13.2 Å². The van der Waals surface area contributed by atoms with Gasteiger partial charge in [-0.1, -0.05) is 0 Å². The number of sulfone groups is 1. The molecule has 7 heteroatoms. The molecule has 0 saturated carbocycles. The standard InChI is InChI=1S/C11H13BrN2O3S/c12-9-4-1-5-13-10(9)11(15)14-8-3-2-6-18(16,17)7-8/h1,4-5,8H,2-3,6-7H2,(H,14,15). The van der Waals surface area contributed by atoms with Crippen molar-refractivity contribution in [2.45, 2.75) is 18.9 Å². The lowest BCUT2D eigenvalue weighted by molar-refractivity contribution is 0.0932. The van der Waals surface area contributed by atoms with Crippen molar-refractivity contribution in [2.75, 3.05) is 11.5 Å². The molecular weight excluding hydrogens is 320 g/mol. The third-order valence-electron chi connectivity index (χ3n) is 2.77. The summed E-state index contributed by atoms with van der Waals surface area (Å²) in [5, 5.41) is 2.72. The van der Waals surface area contributed by atoms with E-state index in [4.69, 9.17) is 0 Å². The van der Waals surface area contributed by atoms with Crippen LogP contribution >= 0.6 is 15.9 Å². The van der Waals surface area contributed by atoms with Gasteiger partial charge in [0.2, 0.25) is 0 Å². The van der Waals surface area contributed by atoms with Crippen LogP contribution in [0, 0.1) is 0 Å². The SMILES string of the molecule is O=C(NC1CCCS(=O)(=O)C1)c1ncccc1Br. The van der Waals surface area contributed by atoms with Crippen molar-refractivity contribution >= 4 is 31.7 Å². The Morgan fingerprint density at radius 3 is 2.94 bits per heavy atom. The Morgan fingerprint density at radius 2 is 2.28 bits per heavy atom. The van der Waals surface area contributed by atoms with Gasteiger partial charge in [-0.15, -0.1) is 0 Å². The van der Waals surface area contributed by atoms with Gasteiger partial charge >= 0.3 is 0 Å². The summed E-state index contributed by atoms with van der Waals surface area (Å²) >= 11 is 3.24. The topological polar surface area (TPSA) is 76.1 Å². The summed E-state index contributed by atoms with van der Waals surface area (Å²) in [6, 6.07) is 3.12. The summed E-state index contributed by atoms with van der Waals surface area (Å²) in [6.07, 6.45) is 2.81. The molecule has 1 aliphatic heterocycles. The molecule has 2 heterocycles. The summed E-state index contributed by atoms with van der Waals surface area (Å²) in [5.41, 5.74) is 0.278. The van der Waals surface area contributed by atoms with Gasteiger partial charge in [-0.25, -0.2) is 13.4 Å². The number of pyridine rings is 1. The fourth-order valence-electron chi connectivity index (χ4n) is 1.94. The van der Waals surface area contributed by atoms with Gasteiger partial charge in [0.25, 0.3) is 5.91 Å². The molecule has 0 aliphatic carbocycles. The maximum Gasteiger partial charge on any atom is 0.271 e. The number of hydrogen-bond acceptors (Lipinski definition) is 4. The first-order chi connectivity index (χ1) is 8.48. The monoisotopic (exact) mass is 332 g/mol. The van der Waals surface area contributed by atoms with Crippen LogP contribution in [0.1, 0.15) is 23.3 Å². The van der Waals surface area contributed by atoms with Gasteiger partial charge in [-0.05, 0) is 40.9 Å². The highest BCUT2D eigenvalue weighted by Crippen LogP contribution is 2.15. The number of carbonyl (C=O) groups excluding carboxylic acids is 1. The number of aromatic nitrogens is 1. The van der Waals surface area contributed by atoms with Crippen molar-refractivity contribution in [2.24, 2.45) is 0 Å². The summed E-state index contributed by atoms with van der Waals surface area (Å²) in [4.78, 5) is 15.9. The van der Waals surface area contributed by atoms with Gasteiger partial charge in [-0.2, -0.15) is 0 Å². The maximum atomic E-state index is 11.9. The zero-order valence-electron chi connectivity index (χ0n) is 9.60. The molecule has 0 spiro atoms. The Kier molecular flexibility index (Phi) is 4.01. The molecule has 1 N–H and O–H groups in total. The highest BCUT2D eigenvalue weighted by molar-refractivity contribution is 9.10. The first-order valence-electron chi connectivity index (χ1n) is 5.60. The molecule has 0 bridgehead atoms. The van der Waals surface area contributed by atoms with Crippen molar-refractivity contribution in [1.29, 1.82) is 0 Å². The van der Waals surface area contributed by atoms with Gasteiger partial charge in [0, 0.05) is 16.7 Å². The van der Waals surface area contributed by atoms with Crippen LogP contribution in [0.25, 0.3) is 0 Å². The second kappa shape index (κ2) is 5.36. The molecule has 0 radical (unpaired) electrons. The Bertz CT molecular complexity index is 559. The van der Waals surface area contributed by atoms with Crippen LogP contribution in [0.3, 0.4) is 0 Å². The number of hydrogen-bond donors (Lipinski definition) is 1. The van der Waals surface area contributed by atoms with E-state index in [0.29, 0.717) is 17.3 Å². The highest BCUT2D eigenvalue weighted by Gasteiger charge is 2.26. The molecule has 1 aromatic heterocycles. The van der Waals surface area contributed by atoms with Crippen molar-refractivity contribution in [3.63, 3.8) is 0 Å². The van der Waals surface area contributed by atoms with E-state index >= 15 is 0 Å². The van der Waals surface area contributed by atoms with E-state index in [1.54, 1.807) is 12.1 Å². The van der Waals surface area contributed by atoms with E-state index in [1.807, 2.05) is 0 Å². The van der Waals surface area contributed by atoms with Crippen molar-refractivity contribution in [3.8, 4) is 0 Å². The summed E-state index contributed by atoms with van der Waals surface area (Å²) in [5.74, 6) is -0.111. The summed E-state index contributed by atoms with van der Waals surface area (Å²) in [7, 11) is -3.02. The quantitative estimate of drug-likeness (QED) is 0.881. The lowest BCUT2D eigenvalue weighted by atomic mass is 10.2. The Balaban J connectivity index is 2.06. The van der Waals surface area contributed by atoms with E-state index < -0.39 is 9.84 Å². The van der Waals surface area contributed by atoms with E-state index in [9.17, 15) is 13.2 Å². The highest BCUT2D eigenvalue weighted by atomic mass is 79.9. The second-order valence-electron chi connectivity index (χ2n) is 4.26. The number of nitrogens with zero attached hydrogens (tertiary/aromatic N) is 1. The van der Waals surface area contributed by atoms with E-state index in [2.05, 4.69) is 26.2 Å². The molecule has 1 saturated heterocycles. The van der Waals surface area contributed by atoms with Crippen molar-refractivity contribution in [3.05, 3.63) is 28.5 Å². The average Bonchev–Trinajstić information content (AvgIpc) is 2.28. The number of carbonyl (C=O) groups is 1. The van der Waals surface area contributed by atoms with Crippen LogP contribution in [0.15, 0.2) is 22.8 Å². The van der Waals surface area contributed by atoms with E-state index in [-0.39, 0.29) is 29.1 Å². The molecule has 1 amide bonds. The predicted octanol–water partition coefficient (Wildman–Crippen LogP) is 1.15. The molecule has 98 valence electrons. The normalized spacial score (nSPS) is 22.4. The number of nitrogens with one attached hydrogen (secondary N) is 1. The van der Waals surface area contributed by atoms with E-state index in [0.717, 1.165) is 0 Å². The Labute approximate surface area is 114 Å². The van der Waals surface area contributed by atoms with Gasteiger partial charge in [-0.3, -0.25) is 4.79 Å². The predicted molar refractivity (Wildman–Crippen MR) is 71.1 cm³/mol. The summed E-state index contributed by atoms with van der Waals surface area (Å²) < 4.78 is 23.5. The second-order valence-corrected chi connectivity index (χ2v) is 7.34. The van der Waals surface area contributed by atoms with Crippen LogP contribution in [0.4, 0.5) is 0 Å². The molecule has 1 fully saturated rings. The van der Waals surface area contributed by atoms with Crippen LogP contribution in [-0.4, -0.2) is 36.9 Å². The van der Waals surface area contributed by atoms with Gasteiger partial charge in [0.15, 0.2) is 9.84 Å². The van der Waals surface area contributed by atoms with Crippen molar-refractivity contribution in [1.82, 2.24) is 10.3 Å². The van der Waals surface area contributed by atoms with Crippen LogP contribution in [0.5, 0.6) is 0 Å². The Morgan fingerprint density at radius 1 is 1.50 bits per heavy atom. The molecule has 2 rings (SSSR count). The van der Waals surface area contributed by atoms with Crippen LogP contribution < -0.4 is 5.32 Å². The van der Waals surface area contributed by atoms with E-state index in [1.165, 1.54) is 6.20 Å². The average molecular weight is 333 g/mol. The fraction of sp³-hybridized carbons (Fsp3) is 0.455. The molecule has 1 atom stereocenters. The maximum absolute atomic E-state index is 11.9. The molecule has 18 heavy (non-hydrogen) atoms. The van der Waals surface area contributed by atoms with Gasteiger partial charge in [0.1, 0.15) is 5.69 Å². The largest absolute Gasteiger partial charge is 0.347 e. The number of halogens is 1. The molecule has 5 nitrogen and oxygen atoms in total. The third-order valence-corrected chi connectivity index (χ3v) is 5.23.